The van der Waals surface area contributed by atoms with Gasteiger partial charge in [-0.2, -0.15) is 0 Å². The van der Waals surface area contributed by atoms with Gasteiger partial charge in [0, 0.05) is 25.7 Å². The van der Waals surface area contributed by atoms with E-state index in [2.05, 4.69) is 41.5 Å². The lowest BCUT2D eigenvalue weighted by Gasteiger charge is -2.21. The molecule has 0 aromatic rings. The van der Waals surface area contributed by atoms with E-state index in [4.69, 9.17) is 37.0 Å². The van der Waals surface area contributed by atoms with Gasteiger partial charge in [-0.15, -0.1) is 0 Å². The largest absolute Gasteiger partial charge is 0.472 e. The highest BCUT2D eigenvalue weighted by molar-refractivity contribution is 7.47. The van der Waals surface area contributed by atoms with Crippen molar-refractivity contribution in [1.82, 2.24) is 0 Å². The summed E-state index contributed by atoms with van der Waals surface area (Å²) in [5.41, 5.74) is 0. The zero-order valence-electron chi connectivity index (χ0n) is 67.6. The summed E-state index contributed by atoms with van der Waals surface area (Å²) in [6.07, 6.45) is 66.8. The molecule has 0 aliphatic heterocycles. The van der Waals surface area contributed by atoms with Crippen LogP contribution in [0, 0.1) is 11.8 Å². The molecule has 0 saturated heterocycles. The molecule has 0 aliphatic rings. The second kappa shape index (κ2) is 75.5. The van der Waals surface area contributed by atoms with E-state index in [1.165, 1.54) is 250 Å². The number of esters is 4. The molecule has 0 aromatic carbocycles. The molecule has 2 unspecified atom stereocenters. The number of aliphatic hydroxyl groups excluding tert-OH is 1. The van der Waals surface area contributed by atoms with Gasteiger partial charge in [-0.25, -0.2) is 9.13 Å². The minimum atomic E-state index is -4.96. The van der Waals surface area contributed by atoms with Crippen molar-refractivity contribution in [3.63, 3.8) is 0 Å². The SMILES string of the molecule is CCCCCCCCCCCCCCCCCCCC(=O)O[C@H](COC(=O)CCCCCCCCC)COP(=O)(O)OC[C@H](O)COP(=O)(O)OC[C@@H](COC(=O)CCCCCCCCCCCCCCCCCC(C)C)OC(=O)CCCCCCCCCCCCCCCCCCCCC(C)C. The molecule has 0 heterocycles. The average molecular weight is 1510 g/mol. The minimum Gasteiger partial charge on any atom is -0.462 e. The highest BCUT2D eigenvalue weighted by atomic mass is 31.2. The summed E-state index contributed by atoms with van der Waals surface area (Å²) in [5, 5.41) is 10.6. The Kier molecular flexibility index (Phi) is 74.1. The topological polar surface area (TPSA) is 237 Å². The van der Waals surface area contributed by atoms with Gasteiger partial charge in [0.2, 0.25) is 0 Å². The van der Waals surface area contributed by atoms with E-state index in [9.17, 15) is 43.2 Å². The van der Waals surface area contributed by atoms with Crippen LogP contribution in [0.2, 0.25) is 0 Å². The summed E-state index contributed by atoms with van der Waals surface area (Å²) >= 11 is 0. The molecule has 0 amide bonds. The fraction of sp³-hybridized carbons (Fsp3) is 0.952. The van der Waals surface area contributed by atoms with Crippen LogP contribution >= 0.6 is 15.6 Å². The Morgan fingerprint density at radius 1 is 0.262 bits per heavy atom. The molecule has 0 rings (SSSR count). The Morgan fingerprint density at radius 3 is 0.660 bits per heavy atom. The molecule has 19 heteroatoms. The lowest BCUT2D eigenvalue weighted by atomic mass is 10.0. The molecule has 17 nitrogen and oxygen atoms in total. The average Bonchev–Trinajstić information content (AvgIpc) is 0.923. The number of hydrogen-bond acceptors (Lipinski definition) is 15. The van der Waals surface area contributed by atoms with Crippen LogP contribution in [0.15, 0.2) is 0 Å². The third kappa shape index (κ3) is 78.0. The van der Waals surface area contributed by atoms with Crippen LogP contribution in [0.3, 0.4) is 0 Å². The highest BCUT2D eigenvalue weighted by Crippen LogP contribution is 2.45. The normalized spacial score (nSPS) is 13.9. The van der Waals surface area contributed by atoms with Gasteiger partial charge in [-0.3, -0.25) is 37.3 Å². The molecule has 0 spiro atoms. The summed E-state index contributed by atoms with van der Waals surface area (Å²) < 4.78 is 68.7. The fourth-order valence-electron chi connectivity index (χ4n) is 13.1. The van der Waals surface area contributed by atoms with Gasteiger partial charge in [0.05, 0.1) is 26.4 Å². The van der Waals surface area contributed by atoms with Gasteiger partial charge in [-0.1, -0.05) is 395 Å². The van der Waals surface area contributed by atoms with E-state index in [1.54, 1.807) is 0 Å². The molecule has 0 fully saturated rings. The van der Waals surface area contributed by atoms with Crippen LogP contribution in [0.5, 0.6) is 0 Å². The van der Waals surface area contributed by atoms with Crippen LogP contribution in [-0.2, 0) is 65.4 Å². The number of hydrogen-bond donors (Lipinski definition) is 3. The molecular weight excluding hydrogens is 1340 g/mol. The number of ether oxygens (including phenoxy) is 4. The predicted octanol–water partition coefficient (Wildman–Crippen LogP) is 25.5. The third-order valence-electron chi connectivity index (χ3n) is 19.7. The van der Waals surface area contributed by atoms with Gasteiger partial charge < -0.3 is 33.8 Å². The zero-order valence-corrected chi connectivity index (χ0v) is 69.4. The highest BCUT2D eigenvalue weighted by Gasteiger charge is 2.30. The number of unbranched alkanes of at least 4 members (excludes halogenated alkanes) is 53. The summed E-state index contributed by atoms with van der Waals surface area (Å²) in [7, 11) is -9.92. The van der Waals surface area contributed by atoms with E-state index < -0.39 is 97.5 Å². The van der Waals surface area contributed by atoms with Crippen LogP contribution in [-0.4, -0.2) is 96.7 Å². The number of aliphatic hydroxyl groups is 1. The Labute approximate surface area is 632 Å². The van der Waals surface area contributed by atoms with Gasteiger partial charge in [-0.05, 0) is 37.5 Å². The maximum absolute atomic E-state index is 13.1. The molecule has 3 N–H and O–H groups in total. The number of phosphoric acid groups is 2. The van der Waals surface area contributed by atoms with Gasteiger partial charge in [0.15, 0.2) is 12.2 Å². The molecule has 103 heavy (non-hydrogen) atoms. The molecule has 5 atom stereocenters. The van der Waals surface area contributed by atoms with Crippen molar-refractivity contribution in [2.24, 2.45) is 11.8 Å². The minimum absolute atomic E-state index is 0.108. The van der Waals surface area contributed by atoms with Crippen LogP contribution < -0.4 is 0 Å². The van der Waals surface area contributed by atoms with Crippen LogP contribution in [0.1, 0.15) is 446 Å². The Bertz CT molecular complexity index is 1980. The van der Waals surface area contributed by atoms with Crippen molar-refractivity contribution in [3.05, 3.63) is 0 Å². The van der Waals surface area contributed by atoms with Crippen molar-refractivity contribution in [2.75, 3.05) is 39.6 Å². The Balaban J connectivity index is 5.16. The Hall–Kier alpha value is -1.94. The van der Waals surface area contributed by atoms with Crippen LogP contribution in [0.4, 0.5) is 0 Å². The number of carbonyl (C=O) groups excluding carboxylic acids is 4. The van der Waals surface area contributed by atoms with E-state index in [-0.39, 0.29) is 25.7 Å². The first kappa shape index (κ1) is 101. The number of carbonyl (C=O) groups is 4. The monoisotopic (exact) mass is 1510 g/mol. The number of rotatable bonds is 83. The smallest absolute Gasteiger partial charge is 0.462 e. The van der Waals surface area contributed by atoms with Crippen molar-refractivity contribution in [2.45, 2.75) is 464 Å². The molecule has 0 aliphatic carbocycles. The number of phosphoric ester groups is 2. The molecular formula is C84H164O17P2. The molecule has 0 saturated carbocycles. The van der Waals surface area contributed by atoms with Crippen molar-refractivity contribution in [1.29, 1.82) is 0 Å². The van der Waals surface area contributed by atoms with E-state index in [1.807, 2.05) is 0 Å². The summed E-state index contributed by atoms with van der Waals surface area (Å²) in [5.74, 6) is -0.482. The zero-order chi connectivity index (χ0) is 75.6. The van der Waals surface area contributed by atoms with E-state index in [0.29, 0.717) is 25.7 Å². The first-order valence-electron chi connectivity index (χ1n) is 43.5. The van der Waals surface area contributed by atoms with E-state index in [0.717, 1.165) is 115 Å². The maximum Gasteiger partial charge on any atom is 0.472 e. The molecule has 0 bridgehead atoms. The van der Waals surface area contributed by atoms with Gasteiger partial charge in [0.25, 0.3) is 0 Å². The van der Waals surface area contributed by atoms with Crippen molar-refractivity contribution < 1.29 is 80.2 Å². The summed E-state index contributed by atoms with van der Waals surface area (Å²) in [6.45, 7) is 9.68. The maximum atomic E-state index is 13.1. The summed E-state index contributed by atoms with van der Waals surface area (Å²) in [4.78, 5) is 73.0. The fourth-order valence-corrected chi connectivity index (χ4v) is 14.6. The molecule has 612 valence electrons. The van der Waals surface area contributed by atoms with Crippen LogP contribution in [0.25, 0.3) is 0 Å². The standard InChI is InChI=1S/C84H164O17P2/c1-7-9-11-13-15-16-17-18-19-22-28-34-39-44-50-56-62-68-83(88)100-79(72-94-81(86)66-60-54-46-14-12-10-8-2)74-98-102(90,91)96-70-78(85)71-97-103(92,93)99-75-80(73-95-82(87)67-61-55-49-43-38-33-30-25-27-32-37-42-48-53-59-65-77(5)6)101-84(89)69-63-57-51-45-40-35-29-24-21-20-23-26-31-36-41-47-52-58-64-76(3)4/h76-80,85H,7-75H2,1-6H3,(H,90,91)(H,92,93)/t78-,79+,80+/m0/s1. The Morgan fingerprint density at radius 2 is 0.447 bits per heavy atom. The van der Waals surface area contributed by atoms with Crippen molar-refractivity contribution >= 4 is 39.5 Å². The first-order chi connectivity index (χ1) is 49.9. The lowest BCUT2D eigenvalue weighted by Crippen LogP contribution is -2.30. The molecule has 0 aromatic heterocycles. The second-order valence-corrected chi connectivity index (χ2v) is 34.1. The lowest BCUT2D eigenvalue weighted by molar-refractivity contribution is -0.161. The van der Waals surface area contributed by atoms with Crippen molar-refractivity contribution in [3.8, 4) is 0 Å². The van der Waals surface area contributed by atoms with E-state index >= 15 is 0 Å². The van der Waals surface area contributed by atoms with Gasteiger partial charge in [0.1, 0.15) is 19.3 Å². The first-order valence-corrected chi connectivity index (χ1v) is 46.5. The quantitative estimate of drug-likeness (QED) is 0.0222. The summed E-state index contributed by atoms with van der Waals surface area (Å²) in [6, 6.07) is 0. The third-order valence-corrected chi connectivity index (χ3v) is 21.6. The van der Waals surface area contributed by atoms with Gasteiger partial charge >= 0.3 is 39.5 Å². The predicted molar refractivity (Wildman–Crippen MR) is 423 cm³/mol. The second-order valence-electron chi connectivity index (χ2n) is 31.2. The molecule has 0 radical (unpaired) electrons.